The van der Waals surface area contributed by atoms with Gasteiger partial charge in [-0.05, 0) is 0 Å². The van der Waals surface area contributed by atoms with Crippen molar-refractivity contribution in [3.8, 4) is 0 Å². The predicted molar refractivity (Wildman–Crippen MR) is 146 cm³/mol. The summed E-state index contributed by atoms with van der Waals surface area (Å²) in [6, 6.07) is 27.3. The van der Waals surface area contributed by atoms with Crippen molar-refractivity contribution in [2.45, 2.75) is 6.92 Å². The van der Waals surface area contributed by atoms with Crippen molar-refractivity contribution < 1.29 is 9.59 Å². The molecule has 0 N–H and O–H groups in total. The third kappa shape index (κ3) is 4.23. The normalized spacial score (nSPS) is 14.1. The zero-order valence-electron chi connectivity index (χ0n) is 19.6. The number of thiocarbonyl (C=S) groups is 1. The van der Waals surface area contributed by atoms with Gasteiger partial charge in [0.1, 0.15) is 0 Å². The van der Waals surface area contributed by atoms with Gasteiger partial charge in [0.25, 0.3) is 0 Å². The third-order valence-electron chi connectivity index (χ3n) is 6.06. The van der Waals surface area contributed by atoms with E-state index in [-0.39, 0.29) is 37.0 Å². The molecule has 0 saturated carbocycles. The Balaban J connectivity index is 1.62. The number of fused-ring (bicyclic) bond motifs is 1. The van der Waals surface area contributed by atoms with Crippen LogP contribution >= 0.6 is 12.2 Å². The van der Waals surface area contributed by atoms with E-state index in [1.165, 1.54) is 20.7 Å². The van der Waals surface area contributed by atoms with Gasteiger partial charge in [-0.25, -0.2) is 0 Å². The number of hydrogen-bond donors (Lipinski definition) is 0. The molecule has 7 heteroatoms. The van der Waals surface area contributed by atoms with Gasteiger partial charge in [-0.2, -0.15) is 0 Å². The molecule has 3 aromatic carbocycles. The number of amides is 2. The van der Waals surface area contributed by atoms with Gasteiger partial charge >= 0.3 is 216 Å². The average Bonchev–Trinajstić information content (AvgIpc) is 3.34. The van der Waals surface area contributed by atoms with Crippen LogP contribution in [-0.2, 0) is 9.59 Å². The van der Waals surface area contributed by atoms with Gasteiger partial charge < -0.3 is 0 Å². The van der Waals surface area contributed by atoms with Crippen LogP contribution in [0.1, 0.15) is 10.0 Å². The number of likely N-dealkylation sites (N-methyl/N-ethyl adjacent to an activating group) is 2. The second-order valence-electron chi connectivity index (χ2n) is 8.41. The summed E-state index contributed by atoms with van der Waals surface area (Å²) in [5, 5.41) is 2.54. The van der Waals surface area contributed by atoms with Gasteiger partial charge in [0.05, 0.1) is 0 Å². The van der Waals surface area contributed by atoms with E-state index in [0.29, 0.717) is 0 Å². The molecule has 4 aromatic rings. The molecule has 1 fully saturated rings. The van der Waals surface area contributed by atoms with Crippen LogP contribution in [0.3, 0.4) is 0 Å². The predicted octanol–water partition coefficient (Wildman–Crippen LogP) is 5.27. The summed E-state index contributed by atoms with van der Waals surface area (Å²) in [4.78, 5) is 30.5. The van der Waals surface area contributed by atoms with Crippen molar-refractivity contribution in [2.24, 2.45) is 0 Å². The quantitative estimate of drug-likeness (QED) is 0.152. The summed E-state index contributed by atoms with van der Waals surface area (Å²) >= 11 is 5.08. The number of nitrogens with zero attached hydrogens (tertiary/aromatic N) is 3. The molecule has 1 aliphatic heterocycles. The van der Waals surface area contributed by atoms with E-state index in [9.17, 15) is 9.59 Å². The molecule has 0 radical (unpaired) electrons. The molecule has 174 valence electrons. The zero-order chi connectivity index (χ0) is 24.7. The number of aryl methyl sites for hydroxylation is 1. The molecule has 0 bridgehead atoms. The fourth-order valence-electron chi connectivity index (χ4n) is 4.14. The van der Waals surface area contributed by atoms with Crippen molar-refractivity contribution in [3.05, 3.63) is 94.4 Å². The van der Waals surface area contributed by atoms with Gasteiger partial charge in [0.15, 0.2) is 0 Å². The maximum atomic E-state index is 12.8. The molecule has 2 amide bonds. The molecule has 1 saturated heterocycles. The van der Waals surface area contributed by atoms with Gasteiger partial charge in [0.2, 0.25) is 0 Å². The van der Waals surface area contributed by atoms with Crippen molar-refractivity contribution in [1.29, 1.82) is 0 Å². The molecule has 5 nitrogen and oxygen atoms in total. The molecular formula is C28H23N3O2SSe. The van der Waals surface area contributed by atoms with E-state index in [4.69, 9.17) is 12.2 Å². The first-order valence-electron chi connectivity index (χ1n) is 11.1. The standard InChI is InChI=1S/C28H23N3O2SSe/c1-18-11-13-20(14-12-18)31(24-10-6-8-19-7-4-5-9-22(19)24)25-16-15-21(35-25)17-23-26(32)29(2)28(34)30(3)27(23)33/h4-17H,1-3H3. The van der Waals surface area contributed by atoms with Gasteiger partial charge in [0, 0.05) is 0 Å². The molecule has 0 atom stereocenters. The van der Waals surface area contributed by atoms with Crippen LogP contribution in [0, 0.1) is 6.92 Å². The van der Waals surface area contributed by atoms with E-state index >= 15 is 0 Å². The van der Waals surface area contributed by atoms with Crippen LogP contribution in [0.15, 0.2) is 84.4 Å². The fourth-order valence-corrected chi connectivity index (χ4v) is 6.37. The minimum absolute atomic E-state index is 0.121. The number of carbonyl (C=O) groups is 2. The summed E-state index contributed by atoms with van der Waals surface area (Å²) in [5.74, 6) is -0.736. The summed E-state index contributed by atoms with van der Waals surface area (Å²) in [5.41, 5.74) is 3.49. The van der Waals surface area contributed by atoms with Crippen molar-refractivity contribution in [2.75, 3.05) is 19.0 Å². The monoisotopic (exact) mass is 545 g/mol. The second-order valence-corrected chi connectivity index (χ2v) is 11.1. The molecule has 0 aliphatic carbocycles. The molecule has 0 unspecified atom stereocenters. The van der Waals surface area contributed by atoms with Crippen LogP contribution in [0.2, 0.25) is 0 Å². The Hall–Kier alpha value is -3.51. The van der Waals surface area contributed by atoms with Crippen LogP contribution in [0.25, 0.3) is 16.8 Å². The Morgan fingerprint density at radius 3 is 2.20 bits per heavy atom. The van der Waals surface area contributed by atoms with Gasteiger partial charge in [-0.15, -0.1) is 0 Å². The van der Waals surface area contributed by atoms with Crippen molar-refractivity contribution in [3.63, 3.8) is 0 Å². The number of carbonyl (C=O) groups excluding carboxylic acids is 2. The van der Waals surface area contributed by atoms with Crippen molar-refractivity contribution in [1.82, 2.24) is 9.80 Å². The molecule has 0 spiro atoms. The Labute approximate surface area is 215 Å². The zero-order valence-corrected chi connectivity index (χ0v) is 22.1. The molecule has 1 aromatic heterocycles. The summed E-state index contributed by atoms with van der Waals surface area (Å²) in [6.07, 6.45) is 1.72. The third-order valence-corrected chi connectivity index (χ3v) is 8.75. The average molecular weight is 545 g/mol. The van der Waals surface area contributed by atoms with Crippen molar-refractivity contribution >= 4 is 76.4 Å². The van der Waals surface area contributed by atoms with Gasteiger partial charge in [-0.3, -0.25) is 0 Å². The number of hydrogen-bond acceptors (Lipinski definition) is 4. The number of rotatable bonds is 4. The first kappa shape index (κ1) is 23.2. The Morgan fingerprint density at radius 1 is 0.829 bits per heavy atom. The number of benzene rings is 3. The van der Waals surface area contributed by atoms with E-state index in [1.54, 1.807) is 20.2 Å². The summed E-state index contributed by atoms with van der Waals surface area (Å²) in [7, 11) is 3.19. The molecule has 35 heavy (non-hydrogen) atoms. The molecule has 2 heterocycles. The minimum atomic E-state index is -0.368. The summed E-state index contributed by atoms with van der Waals surface area (Å²) < 4.78 is 2.08. The first-order chi connectivity index (χ1) is 16.8. The fraction of sp³-hybridized carbons (Fsp3) is 0.107. The van der Waals surface area contributed by atoms with E-state index in [2.05, 4.69) is 78.6 Å². The maximum absolute atomic E-state index is 12.8. The first-order valence-corrected chi connectivity index (χ1v) is 13.2. The van der Waals surface area contributed by atoms with Crippen LogP contribution in [0.5, 0.6) is 0 Å². The molecule has 1 aliphatic rings. The SMILES string of the molecule is Cc1ccc(N(c2ccc(C=C3C(=O)N(C)C(=S)N(C)C3=O)[se]2)c2cccc3ccccc23)cc1. The van der Waals surface area contributed by atoms with E-state index < -0.39 is 0 Å². The second kappa shape index (κ2) is 9.27. The van der Waals surface area contributed by atoms with E-state index in [0.717, 1.165) is 25.8 Å². The topological polar surface area (TPSA) is 43.9 Å². The van der Waals surface area contributed by atoms with Crippen LogP contribution in [0.4, 0.5) is 15.9 Å². The Bertz CT molecular complexity index is 1470. The summed E-state index contributed by atoms with van der Waals surface area (Å²) in [6.45, 7) is 2.08. The van der Waals surface area contributed by atoms with E-state index in [1.807, 2.05) is 12.1 Å². The van der Waals surface area contributed by atoms with Crippen LogP contribution in [-0.4, -0.2) is 55.3 Å². The van der Waals surface area contributed by atoms with Gasteiger partial charge in [-0.1, -0.05) is 0 Å². The van der Waals surface area contributed by atoms with Crippen LogP contribution < -0.4 is 4.90 Å². The molecular weight excluding hydrogens is 521 g/mol. The number of anilines is 3. The Morgan fingerprint density at radius 2 is 1.49 bits per heavy atom. The Kier molecular flexibility index (Phi) is 6.15. The molecule has 5 rings (SSSR count).